The van der Waals surface area contributed by atoms with E-state index in [1.807, 2.05) is 0 Å². The number of sulfonamides is 1. The van der Waals surface area contributed by atoms with Gasteiger partial charge in [0.25, 0.3) is 0 Å². The Kier molecular flexibility index (Phi) is 7.41. The molecule has 0 fully saturated rings. The number of alkyl halides is 3. The van der Waals surface area contributed by atoms with Crippen LogP contribution in [0.4, 0.5) is 17.6 Å². The molecule has 0 heterocycles. The van der Waals surface area contributed by atoms with Crippen LogP contribution < -0.4 is 5.73 Å². The topological polar surface area (TPSA) is 104 Å². The van der Waals surface area contributed by atoms with Crippen molar-refractivity contribution in [3.63, 3.8) is 0 Å². The number of rotatable bonds is 8. The summed E-state index contributed by atoms with van der Waals surface area (Å²) < 4.78 is 79.6. The number of benzene rings is 2. The molecule has 166 valence electrons. The first-order valence-electron chi connectivity index (χ1n) is 8.98. The smallest absolute Gasteiger partial charge is 0.368 e. The van der Waals surface area contributed by atoms with Crippen molar-refractivity contribution in [2.24, 2.45) is 5.73 Å². The number of carbonyl (C=O) groups is 1. The van der Waals surface area contributed by atoms with Gasteiger partial charge in [0.15, 0.2) is 0 Å². The summed E-state index contributed by atoms with van der Waals surface area (Å²) in [5.41, 5.74) is 5.72. The maximum atomic E-state index is 14.4. The molecule has 0 bridgehead atoms. The average Bonchev–Trinajstić information content (AvgIpc) is 2.67. The number of carbonyl (C=O) groups excluding carboxylic acids is 1. The minimum atomic E-state index is -4.66. The van der Waals surface area contributed by atoms with E-state index in [1.165, 1.54) is 30.3 Å². The molecule has 0 aromatic heterocycles. The fourth-order valence-corrected chi connectivity index (χ4v) is 4.45. The summed E-state index contributed by atoms with van der Waals surface area (Å²) >= 11 is 0. The molecule has 31 heavy (non-hydrogen) atoms. The Morgan fingerprint density at radius 1 is 1.19 bits per heavy atom. The van der Waals surface area contributed by atoms with E-state index < -0.39 is 53.4 Å². The maximum absolute atomic E-state index is 14.4. The zero-order chi connectivity index (χ0) is 23.4. The van der Waals surface area contributed by atoms with Crippen LogP contribution in [0.25, 0.3) is 0 Å². The highest BCUT2D eigenvalue weighted by atomic mass is 32.2. The second-order valence-corrected chi connectivity index (χ2v) is 8.74. The fraction of sp³-hybridized carbons (Fsp3) is 0.300. The second kappa shape index (κ2) is 9.45. The molecule has 6 nitrogen and oxygen atoms in total. The molecule has 1 amide bonds. The van der Waals surface area contributed by atoms with Crippen molar-refractivity contribution in [3.05, 3.63) is 65.0 Å². The van der Waals surface area contributed by atoms with Gasteiger partial charge in [-0.3, -0.25) is 4.79 Å². The van der Waals surface area contributed by atoms with Gasteiger partial charge in [0.2, 0.25) is 15.9 Å². The first-order chi connectivity index (χ1) is 14.3. The highest BCUT2D eigenvalue weighted by molar-refractivity contribution is 7.89. The Morgan fingerprint density at radius 3 is 2.29 bits per heavy atom. The lowest BCUT2D eigenvalue weighted by molar-refractivity contribution is -0.140. The van der Waals surface area contributed by atoms with Gasteiger partial charge >= 0.3 is 6.18 Å². The van der Waals surface area contributed by atoms with Gasteiger partial charge in [-0.05, 0) is 37.6 Å². The Balaban J connectivity index is 2.55. The van der Waals surface area contributed by atoms with Crippen LogP contribution in [-0.4, -0.2) is 30.8 Å². The van der Waals surface area contributed by atoms with E-state index in [2.05, 4.69) is 0 Å². The first kappa shape index (κ1) is 24.3. The van der Waals surface area contributed by atoms with E-state index in [0.29, 0.717) is 4.31 Å². The van der Waals surface area contributed by atoms with Crippen LogP contribution in [0.15, 0.2) is 47.4 Å². The summed E-state index contributed by atoms with van der Waals surface area (Å²) in [6.07, 6.45) is -7.05. The SMILES string of the molecule is Cc1ccc(S(=O)(=O)N(Cc2ccc(C#N)cc2F)[C@H](CCC(F)(F)F)C(N)=O)cc1. The van der Waals surface area contributed by atoms with Crippen molar-refractivity contribution in [2.75, 3.05) is 0 Å². The van der Waals surface area contributed by atoms with Crippen LogP contribution in [0, 0.1) is 24.1 Å². The number of nitrogens with two attached hydrogens (primary N) is 1. The van der Waals surface area contributed by atoms with Crippen LogP contribution in [0.3, 0.4) is 0 Å². The van der Waals surface area contributed by atoms with Crippen LogP contribution in [-0.2, 0) is 21.4 Å². The second-order valence-electron chi connectivity index (χ2n) is 6.85. The standard InChI is InChI=1S/C20H19F4N3O3S/c1-13-2-6-16(7-3-13)31(29,30)27(18(19(26)28)8-9-20(22,23)24)12-15-5-4-14(11-25)10-17(15)21/h2-7,10,18H,8-9,12H2,1H3,(H2,26,28)/t18-/m1/s1. The minimum Gasteiger partial charge on any atom is -0.368 e. The molecular weight excluding hydrogens is 438 g/mol. The summed E-state index contributed by atoms with van der Waals surface area (Å²) in [5.74, 6) is -2.24. The Labute approximate surface area is 176 Å². The van der Waals surface area contributed by atoms with E-state index in [9.17, 15) is 30.8 Å². The van der Waals surface area contributed by atoms with Crippen LogP contribution in [0.1, 0.15) is 29.5 Å². The molecule has 0 saturated heterocycles. The Bertz CT molecular complexity index is 1090. The van der Waals surface area contributed by atoms with Gasteiger partial charge in [-0.2, -0.15) is 22.7 Å². The van der Waals surface area contributed by atoms with Crippen LogP contribution >= 0.6 is 0 Å². The number of hydrogen-bond acceptors (Lipinski definition) is 4. The quantitative estimate of drug-likeness (QED) is 0.614. The molecule has 0 aliphatic heterocycles. The summed E-state index contributed by atoms with van der Waals surface area (Å²) in [5, 5.41) is 8.85. The van der Waals surface area contributed by atoms with Gasteiger partial charge in [0, 0.05) is 18.5 Å². The van der Waals surface area contributed by atoms with Crippen molar-refractivity contribution >= 4 is 15.9 Å². The lowest BCUT2D eigenvalue weighted by Crippen LogP contribution is -2.48. The highest BCUT2D eigenvalue weighted by Crippen LogP contribution is 2.28. The largest absolute Gasteiger partial charge is 0.389 e. The molecule has 11 heteroatoms. The molecule has 2 aromatic carbocycles. The van der Waals surface area contributed by atoms with Gasteiger partial charge < -0.3 is 5.73 Å². The summed E-state index contributed by atoms with van der Waals surface area (Å²) in [4.78, 5) is 11.7. The summed E-state index contributed by atoms with van der Waals surface area (Å²) in [6.45, 7) is 0.953. The molecule has 0 unspecified atom stereocenters. The van der Waals surface area contributed by atoms with Crippen molar-refractivity contribution in [1.29, 1.82) is 5.26 Å². The molecule has 0 saturated carbocycles. The average molecular weight is 457 g/mol. The maximum Gasteiger partial charge on any atom is 0.389 e. The van der Waals surface area contributed by atoms with Crippen LogP contribution in [0.2, 0.25) is 0 Å². The fourth-order valence-electron chi connectivity index (χ4n) is 2.85. The lowest BCUT2D eigenvalue weighted by atomic mass is 10.1. The number of halogens is 4. The number of aryl methyl sites for hydroxylation is 1. The zero-order valence-electron chi connectivity index (χ0n) is 16.4. The molecule has 2 aromatic rings. The number of nitrogens with zero attached hydrogens (tertiary/aromatic N) is 2. The minimum absolute atomic E-state index is 0.0299. The number of hydrogen-bond donors (Lipinski definition) is 1. The Hall–Kier alpha value is -2.97. The third-order valence-corrected chi connectivity index (χ3v) is 6.38. The predicted octanol–water partition coefficient (Wildman–Crippen LogP) is 3.39. The van der Waals surface area contributed by atoms with Gasteiger partial charge in [-0.25, -0.2) is 12.8 Å². The van der Waals surface area contributed by atoms with E-state index >= 15 is 0 Å². The molecule has 0 spiro atoms. The van der Waals surface area contributed by atoms with Gasteiger partial charge in [0.05, 0.1) is 16.5 Å². The van der Waals surface area contributed by atoms with Gasteiger partial charge in [0.1, 0.15) is 11.9 Å². The lowest BCUT2D eigenvalue weighted by Gasteiger charge is -2.29. The molecule has 0 aliphatic carbocycles. The summed E-state index contributed by atoms with van der Waals surface area (Å²) in [7, 11) is -4.53. The van der Waals surface area contributed by atoms with Gasteiger partial charge in [-0.15, -0.1) is 0 Å². The number of nitriles is 1. The summed E-state index contributed by atoms with van der Waals surface area (Å²) in [6, 6.07) is 8.48. The van der Waals surface area contributed by atoms with Crippen molar-refractivity contribution in [3.8, 4) is 6.07 Å². The van der Waals surface area contributed by atoms with E-state index in [0.717, 1.165) is 17.7 Å². The molecule has 0 radical (unpaired) electrons. The van der Waals surface area contributed by atoms with Crippen molar-refractivity contribution in [2.45, 2.75) is 43.4 Å². The van der Waals surface area contributed by atoms with Crippen molar-refractivity contribution in [1.82, 2.24) is 4.31 Å². The number of primary amides is 1. The zero-order valence-corrected chi connectivity index (χ0v) is 17.2. The highest BCUT2D eigenvalue weighted by Gasteiger charge is 2.38. The normalized spacial score (nSPS) is 13.1. The molecule has 2 rings (SSSR count). The number of amides is 1. The third kappa shape index (κ3) is 6.26. The third-order valence-electron chi connectivity index (χ3n) is 4.51. The van der Waals surface area contributed by atoms with Crippen molar-refractivity contribution < 1.29 is 30.8 Å². The Morgan fingerprint density at radius 2 is 1.81 bits per heavy atom. The van der Waals surface area contributed by atoms with E-state index in [1.54, 1.807) is 13.0 Å². The monoisotopic (exact) mass is 457 g/mol. The van der Waals surface area contributed by atoms with E-state index in [-0.39, 0.29) is 16.0 Å². The molecular formula is C20H19F4N3O3S. The first-order valence-corrected chi connectivity index (χ1v) is 10.4. The predicted molar refractivity (Wildman–Crippen MR) is 103 cm³/mol. The molecule has 2 N–H and O–H groups in total. The van der Waals surface area contributed by atoms with Gasteiger partial charge in [-0.1, -0.05) is 23.8 Å². The van der Waals surface area contributed by atoms with E-state index in [4.69, 9.17) is 11.0 Å². The van der Waals surface area contributed by atoms with Crippen LogP contribution in [0.5, 0.6) is 0 Å². The molecule has 1 atom stereocenters. The molecule has 0 aliphatic rings.